The maximum absolute atomic E-state index is 12.3. The van der Waals surface area contributed by atoms with E-state index in [0.29, 0.717) is 0 Å². The van der Waals surface area contributed by atoms with Gasteiger partial charge < -0.3 is 10.1 Å². The number of carbonyl (C=O) groups excluding carboxylic acids is 1. The maximum atomic E-state index is 12.3. The molecule has 0 unspecified atom stereocenters. The molecule has 0 heterocycles. The molecule has 0 aliphatic carbocycles. The van der Waals surface area contributed by atoms with Gasteiger partial charge in [-0.25, -0.2) is 0 Å². The lowest BCUT2D eigenvalue weighted by molar-refractivity contribution is -0.111. The fraction of sp³-hybridized carbons (Fsp3) is 0.348. The van der Waals surface area contributed by atoms with Crippen molar-refractivity contribution in [2.75, 3.05) is 11.9 Å². The predicted molar refractivity (Wildman–Crippen MR) is 110 cm³/mol. The molecule has 1 amide bonds. The zero-order chi connectivity index (χ0) is 18.8. The number of unbranched alkanes of at least 4 members (excludes halogenated alkanes) is 1. The van der Waals surface area contributed by atoms with Crippen molar-refractivity contribution in [2.24, 2.45) is 0 Å². The van der Waals surface area contributed by atoms with Gasteiger partial charge in [-0.3, -0.25) is 4.79 Å². The molecule has 0 radical (unpaired) electrons. The van der Waals surface area contributed by atoms with Crippen LogP contribution < -0.4 is 10.1 Å². The van der Waals surface area contributed by atoms with E-state index in [-0.39, 0.29) is 5.91 Å². The van der Waals surface area contributed by atoms with E-state index >= 15 is 0 Å². The van der Waals surface area contributed by atoms with Crippen molar-refractivity contribution < 1.29 is 9.53 Å². The second-order valence-corrected chi connectivity index (χ2v) is 6.25. The van der Waals surface area contributed by atoms with Gasteiger partial charge in [-0.15, -0.1) is 0 Å². The Morgan fingerprint density at radius 2 is 1.65 bits per heavy atom. The van der Waals surface area contributed by atoms with E-state index in [1.807, 2.05) is 36.4 Å². The van der Waals surface area contributed by atoms with Gasteiger partial charge in [0.05, 0.1) is 6.61 Å². The number of benzene rings is 2. The van der Waals surface area contributed by atoms with Gasteiger partial charge >= 0.3 is 0 Å². The second kappa shape index (κ2) is 10.4. The monoisotopic (exact) mass is 351 g/mol. The van der Waals surface area contributed by atoms with Gasteiger partial charge in [-0.1, -0.05) is 57.5 Å². The highest BCUT2D eigenvalue weighted by molar-refractivity contribution is 6.02. The first-order chi connectivity index (χ1) is 12.7. The Morgan fingerprint density at radius 1 is 1.00 bits per heavy atom. The lowest BCUT2D eigenvalue weighted by Crippen LogP contribution is -2.11. The minimum Gasteiger partial charge on any atom is -0.494 e. The van der Waals surface area contributed by atoms with Gasteiger partial charge in [0.25, 0.3) is 0 Å². The Morgan fingerprint density at radius 3 is 2.23 bits per heavy atom. The minimum absolute atomic E-state index is 0.108. The van der Waals surface area contributed by atoms with E-state index < -0.39 is 0 Å². The summed E-state index contributed by atoms with van der Waals surface area (Å²) in [5, 5.41) is 3.05. The summed E-state index contributed by atoms with van der Waals surface area (Å²) >= 11 is 0. The molecule has 0 aliphatic heterocycles. The summed E-state index contributed by atoms with van der Waals surface area (Å²) in [7, 11) is 0. The van der Waals surface area contributed by atoms with Gasteiger partial charge in [0.2, 0.25) is 5.91 Å². The zero-order valence-corrected chi connectivity index (χ0v) is 16.0. The van der Waals surface area contributed by atoms with Crippen LogP contribution in [0.2, 0.25) is 0 Å². The molecule has 0 saturated carbocycles. The zero-order valence-electron chi connectivity index (χ0n) is 16.0. The average molecular weight is 351 g/mol. The molecule has 0 aliphatic rings. The van der Waals surface area contributed by atoms with Crippen molar-refractivity contribution in [3.63, 3.8) is 0 Å². The van der Waals surface area contributed by atoms with Crippen molar-refractivity contribution in [3.05, 3.63) is 65.2 Å². The Balaban J connectivity index is 1.99. The quantitative estimate of drug-likeness (QED) is 0.469. The normalized spacial score (nSPS) is 10.9. The van der Waals surface area contributed by atoms with E-state index in [1.165, 1.54) is 11.1 Å². The number of para-hydroxylation sites is 1. The van der Waals surface area contributed by atoms with Crippen molar-refractivity contribution >= 4 is 17.7 Å². The van der Waals surface area contributed by atoms with Crippen LogP contribution in [0.25, 0.3) is 6.08 Å². The van der Waals surface area contributed by atoms with Crippen LogP contribution in [-0.2, 0) is 17.6 Å². The number of hydrogen-bond donors (Lipinski definition) is 1. The van der Waals surface area contributed by atoms with E-state index in [0.717, 1.165) is 49.3 Å². The molecule has 0 bridgehead atoms. The molecule has 0 fully saturated rings. The van der Waals surface area contributed by atoms with Crippen molar-refractivity contribution in [1.82, 2.24) is 0 Å². The molecule has 0 spiro atoms. The van der Waals surface area contributed by atoms with Crippen LogP contribution in [0.15, 0.2) is 48.5 Å². The summed E-state index contributed by atoms with van der Waals surface area (Å²) in [6.07, 6.45) is 7.38. The number of amides is 1. The van der Waals surface area contributed by atoms with Crippen LogP contribution in [0, 0.1) is 0 Å². The first-order valence-corrected chi connectivity index (χ1v) is 9.50. The van der Waals surface area contributed by atoms with Crippen LogP contribution >= 0.6 is 0 Å². The third-order valence-electron chi connectivity index (χ3n) is 4.32. The molecule has 26 heavy (non-hydrogen) atoms. The number of aryl methyl sites for hydroxylation is 2. The van der Waals surface area contributed by atoms with E-state index in [4.69, 9.17) is 4.74 Å². The van der Waals surface area contributed by atoms with Crippen LogP contribution in [-0.4, -0.2) is 12.5 Å². The number of anilines is 1. The molecule has 2 aromatic carbocycles. The number of ether oxygens (including phenoxy) is 1. The SMILES string of the molecule is CCCCOc1ccc(/C=C/C(=O)Nc2c(CC)cccc2CC)cc1. The summed E-state index contributed by atoms with van der Waals surface area (Å²) in [5.41, 5.74) is 4.26. The van der Waals surface area contributed by atoms with E-state index in [2.05, 4.69) is 38.2 Å². The fourth-order valence-electron chi connectivity index (χ4n) is 2.75. The molecule has 2 aromatic rings. The lowest BCUT2D eigenvalue weighted by atomic mass is 10.0. The van der Waals surface area contributed by atoms with Crippen LogP contribution in [0.3, 0.4) is 0 Å². The van der Waals surface area contributed by atoms with Crippen LogP contribution in [0.5, 0.6) is 5.75 Å². The summed E-state index contributed by atoms with van der Waals surface area (Å²) in [6.45, 7) is 7.09. The van der Waals surface area contributed by atoms with Gasteiger partial charge in [-0.05, 0) is 54.2 Å². The Kier molecular flexibility index (Phi) is 7.94. The fourth-order valence-corrected chi connectivity index (χ4v) is 2.75. The molecule has 2 rings (SSSR count). The summed E-state index contributed by atoms with van der Waals surface area (Å²) < 4.78 is 5.65. The van der Waals surface area contributed by atoms with Crippen molar-refractivity contribution in [3.8, 4) is 5.75 Å². The Labute approximate surface area is 157 Å². The third-order valence-corrected chi connectivity index (χ3v) is 4.32. The molecule has 0 saturated heterocycles. The molecular formula is C23H29NO2. The highest BCUT2D eigenvalue weighted by Gasteiger charge is 2.08. The number of hydrogen-bond acceptors (Lipinski definition) is 2. The van der Waals surface area contributed by atoms with Gasteiger partial charge in [-0.2, -0.15) is 0 Å². The lowest BCUT2D eigenvalue weighted by Gasteiger charge is -2.13. The number of carbonyl (C=O) groups is 1. The molecule has 1 N–H and O–H groups in total. The highest BCUT2D eigenvalue weighted by Crippen LogP contribution is 2.22. The average Bonchev–Trinajstić information content (AvgIpc) is 2.67. The minimum atomic E-state index is -0.108. The van der Waals surface area contributed by atoms with E-state index in [9.17, 15) is 4.79 Å². The van der Waals surface area contributed by atoms with Crippen LogP contribution in [0.1, 0.15) is 50.3 Å². The molecule has 0 atom stereocenters. The molecule has 3 heteroatoms. The van der Waals surface area contributed by atoms with Gasteiger partial charge in [0.15, 0.2) is 0 Å². The Hall–Kier alpha value is -2.55. The second-order valence-electron chi connectivity index (χ2n) is 6.25. The van der Waals surface area contributed by atoms with Crippen LogP contribution in [0.4, 0.5) is 5.69 Å². The summed E-state index contributed by atoms with van der Waals surface area (Å²) in [5.74, 6) is 0.758. The highest BCUT2D eigenvalue weighted by atomic mass is 16.5. The predicted octanol–water partition coefficient (Wildman–Crippen LogP) is 5.64. The standard InChI is InChI=1S/C23H29NO2/c1-4-7-17-26-21-14-11-18(12-15-21)13-16-22(25)24-23-19(5-2)9-8-10-20(23)6-3/h8-16H,4-7,17H2,1-3H3,(H,24,25)/b16-13+. The van der Waals surface area contributed by atoms with Gasteiger partial charge in [0, 0.05) is 11.8 Å². The number of rotatable bonds is 9. The molecule has 0 aromatic heterocycles. The molecule has 138 valence electrons. The smallest absolute Gasteiger partial charge is 0.248 e. The van der Waals surface area contributed by atoms with E-state index in [1.54, 1.807) is 6.08 Å². The largest absolute Gasteiger partial charge is 0.494 e. The Bertz CT molecular complexity index is 710. The topological polar surface area (TPSA) is 38.3 Å². The third kappa shape index (κ3) is 5.76. The van der Waals surface area contributed by atoms with Crippen molar-refractivity contribution in [2.45, 2.75) is 46.5 Å². The number of nitrogens with one attached hydrogen (secondary N) is 1. The first-order valence-electron chi connectivity index (χ1n) is 9.50. The molecule has 3 nitrogen and oxygen atoms in total. The first kappa shape index (κ1) is 19.8. The van der Waals surface area contributed by atoms with Gasteiger partial charge in [0.1, 0.15) is 5.75 Å². The summed E-state index contributed by atoms with van der Waals surface area (Å²) in [4.78, 5) is 12.3. The molecular weight excluding hydrogens is 322 g/mol. The maximum Gasteiger partial charge on any atom is 0.248 e. The van der Waals surface area contributed by atoms with Crippen molar-refractivity contribution in [1.29, 1.82) is 0 Å². The summed E-state index contributed by atoms with van der Waals surface area (Å²) in [6, 6.07) is 14.0.